The first-order valence-corrected chi connectivity index (χ1v) is 6.16. The quantitative estimate of drug-likeness (QED) is 0.692. The van der Waals surface area contributed by atoms with Crippen molar-refractivity contribution in [2.45, 2.75) is 32.3 Å². The van der Waals surface area contributed by atoms with Crippen molar-refractivity contribution >= 4 is 11.8 Å². The van der Waals surface area contributed by atoms with E-state index in [1.807, 2.05) is 0 Å². The molecule has 0 aliphatic carbocycles. The average molecular weight is 240 g/mol. The summed E-state index contributed by atoms with van der Waals surface area (Å²) in [7, 11) is 0. The van der Waals surface area contributed by atoms with Gasteiger partial charge in [-0.25, -0.2) is 0 Å². The lowest BCUT2D eigenvalue weighted by Gasteiger charge is -2.46. The maximum absolute atomic E-state index is 12.1. The Hall–Kier alpha value is -1.10. The Morgan fingerprint density at radius 3 is 2.47 bits per heavy atom. The lowest BCUT2D eigenvalue weighted by molar-refractivity contribution is -0.159. The van der Waals surface area contributed by atoms with Crippen LogP contribution in [0.25, 0.3) is 0 Å². The standard InChI is InChI=1S/C12H20N2O3/c1-9(15)13-5-3-4-10(6-13)11(16)14-7-12(2,17)8-14/h10,17H,3-8H2,1-2H3. The predicted octanol–water partition coefficient (Wildman–Crippen LogP) is -0.162. The van der Waals surface area contributed by atoms with Gasteiger partial charge in [0, 0.05) is 20.0 Å². The van der Waals surface area contributed by atoms with Crippen LogP contribution in [0.15, 0.2) is 0 Å². The first-order valence-electron chi connectivity index (χ1n) is 6.16. The van der Waals surface area contributed by atoms with Gasteiger partial charge in [-0.2, -0.15) is 0 Å². The van der Waals surface area contributed by atoms with E-state index in [2.05, 4.69) is 0 Å². The third-order valence-electron chi connectivity index (χ3n) is 3.59. The number of nitrogens with zero attached hydrogens (tertiary/aromatic N) is 2. The Balaban J connectivity index is 1.90. The predicted molar refractivity (Wildman–Crippen MR) is 62.2 cm³/mol. The molecule has 2 heterocycles. The zero-order valence-corrected chi connectivity index (χ0v) is 10.5. The van der Waals surface area contributed by atoms with E-state index in [1.54, 1.807) is 23.6 Å². The molecule has 0 spiro atoms. The van der Waals surface area contributed by atoms with Gasteiger partial charge < -0.3 is 14.9 Å². The number of hydrogen-bond acceptors (Lipinski definition) is 3. The Morgan fingerprint density at radius 2 is 1.94 bits per heavy atom. The van der Waals surface area contributed by atoms with Crippen molar-refractivity contribution < 1.29 is 14.7 Å². The monoisotopic (exact) mass is 240 g/mol. The first-order chi connectivity index (χ1) is 7.89. The van der Waals surface area contributed by atoms with Crippen molar-refractivity contribution in [1.29, 1.82) is 0 Å². The van der Waals surface area contributed by atoms with Gasteiger partial charge in [-0.05, 0) is 19.8 Å². The number of β-amino-alcohol motifs (C(OH)–C–C–N with tert-alkyl or cyclic N) is 1. The second kappa shape index (κ2) is 4.29. The highest BCUT2D eigenvalue weighted by Gasteiger charge is 2.42. The van der Waals surface area contributed by atoms with Crippen molar-refractivity contribution in [3.05, 3.63) is 0 Å². The summed E-state index contributed by atoms with van der Waals surface area (Å²) in [6.45, 7) is 5.41. The van der Waals surface area contributed by atoms with Crippen LogP contribution in [0.4, 0.5) is 0 Å². The van der Waals surface area contributed by atoms with Gasteiger partial charge in [0.1, 0.15) is 0 Å². The summed E-state index contributed by atoms with van der Waals surface area (Å²) in [5.74, 6) is 0.0457. The van der Waals surface area contributed by atoms with Gasteiger partial charge >= 0.3 is 0 Å². The van der Waals surface area contributed by atoms with E-state index < -0.39 is 5.60 Å². The van der Waals surface area contributed by atoms with Crippen LogP contribution in [0.5, 0.6) is 0 Å². The fourth-order valence-electron chi connectivity index (χ4n) is 2.65. The summed E-state index contributed by atoms with van der Waals surface area (Å²) in [5, 5.41) is 9.61. The summed E-state index contributed by atoms with van der Waals surface area (Å²) in [6, 6.07) is 0. The van der Waals surface area contributed by atoms with Crippen molar-refractivity contribution in [3.8, 4) is 0 Å². The van der Waals surface area contributed by atoms with Crippen LogP contribution in [0.3, 0.4) is 0 Å². The van der Waals surface area contributed by atoms with E-state index in [0.717, 1.165) is 19.4 Å². The molecule has 0 aromatic heterocycles. The van der Waals surface area contributed by atoms with E-state index in [9.17, 15) is 14.7 Å². The molecule has 96 valence electrons. The molecule has 2 fully saturated rings. The molecule has 5 nitrogen and oxygen atoms in total. The van der Waals surface area contributed by atoms with E-state index in [0.29, 0.717) is 19.6 Å². The summed E-state index contributed by atoms with van der Waals surface area (Å²) < 4.78 is 0. The van der Waals surface area contributed by atoms with Crippen LogP contribution in [0.1, 0.15) is 26.7 Å². The fraction of sp³-hybridized carbons (Fsp3) is 0.833. The average Bonchev–Trinajstić information content (AvgIpc) is 2.25. The molecule has 0 aromatic rings. The van der Waals surface area contributed by atoms with Gasteiger partial charge in [0.25, 0.3) is 0 Å². The molecule has 17 heavy (non-hydrogen) atoms. The Labute approximate surface area is 101 Å². The van der Waals surface area contributed by atoms with Crippen LogP contribution in [0.2, 0.25) is 0 Å². The number of carbonyl (C=O) groups is 2. The number of carbonyl (C=O) groups excluding carboxylic acids is 2. The number of piperidine rings is 1. The number of hydrogen-bond donors (Lipinski definition) is 1. The van der Waals surface area contributed by atoms with Gasteiger partial charge in [-0.1, -0.05) is 0 Å². The normalized spacial score (nSPS) is 27.6. The van der Waals surface area contributed by atoms with Gasteiger partial charge in [0.05, 0.1) is 24.6 Å². The maximum Gasteiger partial charge on any atom is 0.227 e. The van der Waals surface area contributed by atoms with Crippen LogP contribution in [-0.2, 0) is 9.59 Å². The molecule has 2 rings (SSSR count). The molecule has 2 aliphatic rings. The van der Waals surface area contributed by atoms with E-state index in [4.69, 9.17) is 0 Å². The van der Waals surface area contributed by atoms with Gasteiger partial charge in [0.15, 0.2) is 0 Å². The molecule has 0 radical (unpaired) electrons. The minimum Gasteiger partial charge on any atom is -0.386 e. The number of amides is 2. The largest absolute Gasteiger partial charge is 0.386 e. The number of likely N-dealkylation sites (tertiary alicyclic amines) is 2. The number of rotatable bonds is 1. The first kappa shape index (κ1) is 12.4. The smallest absolute Gasteiger partial charge is 0.227 e. The van der Waals surface area contributed by atoms with E-state index in [1.165, 1.54) is 0 Å². The lowest BCUT2D eigenvalue weighted by atomic mass is 9.91. The van der Waals surface area contributed by atoms with Crippen molar-refractivity contribution in [3.63, 3.8) is 0 Å². The molecule has 1 unspecified atom stereocenters. The molecule has 1 N–H and O–H groups in total. The van der Waals surface area contributed by atoms with Crippen LogP contribution < -0.4 is 0 Å². The molecule has 0 aromatic carbocycles. The highest BCUT2D eigenvalue weighted by molar-refractivity contribution is 5.81. The van der Waals surface area contributed by atoms with Crippen LogP contribution in [-0.4, -0.2) is 58.5 Å². The molecule has 2 aliphatic heterocycles. The molecule has 1 atom stereocenters. The molecule has 2 amide bonds. The third kappa shape index (κ3) is 2.60. The Bertz CT molecular complexity index is 333. The van der Waals surface area contributed by atoms with Crippen molar-refractivity contribution in [1.82, 2.24) is 9.80 Å². The second-order valence-corrected chi connectivity index (χ2v) is 5.50. The highest BCUT2D eigenvalue weighted by atomic mass is 16.3. The van der Waals surface area contributed by atoms with E-state index >= 15 is 0 Å². The maximum atomic E-state index is 12.1. The summed E-state index contributed by atoms with van der Waals surface area (Å²) in [6.07, 6.45) is 1.74. The summed E-state index contributed by atoms with van der Waals surface area (Å²) >= 11 is 0. The lowest BCUT2D eigenvalue weighted by Crippen LogP contribution is -2.63. The van der Waals surface area contributed by atoms with Crippen LogP contribution >= 0.6 is 0 Å². The Kier molecular flexibility index (Phi) is 3.12. The van der Waals surface area contributed by atoms with Crippen molar-refractivity contribution in [2.24, 2.45) is 5.92 Å². The molecule has 5 heteroatoms. The Morgan fingerprint density at radius 1 is 1.29 bits per heavy atom. The number of aliphatic hydroxyl groups is 1. The van der Waals surface area contributed by atoms with Crippen molar-refractivity contribution in [2.75, 3.05) is 26.2 Å². The fourth-order valence-corrected chi connectivity index (χ4v) is 2.65. The molecular weight excluding hydrogens is 220 g/mol. The zero-order valence-electron chi connectivity index (χ0n) is 10.5. The SMILES string of the molecule is CC(=O)N1CCCC(C(=O)N2CC(C)(O)C2)C1. The zero-order chi connectivity index (χ0) is 12.6. The second-order valence-electron chi connectivity index (χ2n) is 5.50. The molecule has 0 saturated carbocycles. The molecule has 0 bridgehead atoms. The summed E-state index contributed by atoms with van der Waals surface area (Å²) in [4.78, 5) is 26.8. The molecule has 2 saturated heterocycles. The minimum atomic E-state index is -0.718. The third-order valence-corrected chi connectivity index (χ3v) is 3.59. The molecular formula is C12H20N2O3. The highest BCUT2D eigenvalue weighted by Crippen LogP contribution is 2.25. The van der Waals surface area contributed by atoms with Crippen LogP contribution in [0, 0.1) is 5.92 Å². The summed E-state index contributed by atoms with van der Waals surface area (Å²) in [5.41, 5.74) is -0.718. The minimum absolute atomic E-state index is 0.0399. The van der Waals surface area contributed by atoms with Gasteiger partial charge in [-0.3, -0.25) is 9.59 Å². The van der Waals surface area contributed by atoms with Gasteiger partial charge in [0.2, 0.25) is 11.8 Å². The van der Waals surface area contributed by atoms with Gasteiger partial charge in [-0.15, -0.1) is 0 Å². The topological polar surface area (TPSA) is 60.9 Å². The van der Waals surface area contributed by atoms with E-state index in [-0.39, 0.29) is 17.7 Å².